The van der Waals surface area contributed by atoms with Crippen molar-refractivity contribution in [1.82, 2.24) is 4.90 Å². The van der Waals surface area contributed by atoms with Crippen molar-refractivity contribution in [2.75, 3.05) is 6.61 Å². The quantitative estimate of drug-likeness (QED) is 0.274. The minimum absolute atomic E-state index is 0.255. The molecule has 0 aromatic heterocycles. The van der Waals surface area contributed by atoms with Crippen LogP contribution in [-0.4, -0.2) is 34.7 Å². The Labute approximate surface area is 190 Å². The molecule has 32 heavy (non-hydrogen) atoms. The number of hydrogen-bond acceptors (Lipinski definition) is 5. The summed E-state index contributed by atoms with van der Waals surface area (Å²) in [6, 6.07) is 12.7. The second-order valence-electron chi connectivity index (χ2n) is 8.28. The molecule has 6 nitrogen and oxygen atoms in total. The van der Waals surface area contributed by atoms with Crippen LogP contribution in [0.4, 0.5) is 0 Å². The van der Waals surface area contributed by atoms with Crippen molar-refractivity contribution in [3.05, 3.63) is 59.2 Å². The van der Waals surface area contributed by atoms with Crippen LogP contribution in [0, 0.1) is 0 Å². The van der Waals surface area contributed by atoms with E-state index in [1.165, 1.54) is 17.7 Å². The summed E-state index contributed by atoms with van der Waals surface area (Å²) in [4.78, 5) is 25.7. The van der Waals surface area contributed by atoms with Crippen molar-refractivity contribution in [2.45, 2.75) is 71.1 Å². The molecule has 3 rings (SSSR count). The lowest BCUT2D eigenvalue weighted by molar-refractivity contribution is -0.120. The largest absolute Gasteiger partial charge is 0.493 e. The highest BCUT2D eigenvalue weighted by atomic mass is 16.5. The zero-order valence-corrected chi connectivity index (χ0v) is 19.0. The van der Waals surface area contributed by atoms with E-state index in [-0.39, 0.29) is 12.5 Å². The van der Waals surface area contributed by atoms with Crippen molar-refractivity contribution in [1.29, 1.82) is 0 Å². The monoisotopic (exact) mass is 439 g/mol. The van der Waals surface area contributed by atoms with E-state index in [4.69, 9.17) is 9.47 Å². The SMILES string of the molecule is CCCCCCOc1ccccc1CN(C(=O)c1ccc(OC=O)c(CC)c1)C1(O)CC1. The zero-order chi connectivity index (χ0) is 23.0. The van der Waals surface area contributed by atoms with Gasteiger partial charge in [0.15, 0.2) is 0 Å². The summed E-state index contributed by atoms with van der Waals surface area (Å²) in [5.41, 5.74) is 0.948. The Morgan fingerprint density at radius 2 is 1.84 bits per heavy atom. The molecule has 2 aromatic carbocycles. The summed E-state index contributed by atoms with van der Waals surface area (Å²) < 4.78 is 11.0. The van der Waals surface area contributed by atoms with Crippen LogP contribution in [-0.2, 0) is 17.8 Å². The van der Waals surface area contributed by atoms with Gasteiger partial charge >= 0.3 is 0 Å². The van der Waals surface area contributed by atoms with E-state index in [1.54, 1.807) is 18.2 Å². The van der Waals surface area contributed by atoms with Gasteiger partial charge in [-0.15, -0.1) is 0 Å². The fraction of sp³-hybridized carbons (Fsp3) is 0.462. The Hall–Kier alpha value is -2.86. The molecule has 1 aliphatic rings. The number of unbranched alkanes of at least 4 members (excludes halogenated alkanes) is 3. The smallest absolute Gasteiger partial charge is 0.298 e. The summed E-state index contributed by atoms with van der Waals surface area (Å²) in [6.07, 6.45) is 6.20. The Kier molecular flexibility index (Phi) is 8.28. The van der Waals surface area contributed by atoms with Gasteiger partial charge in [-0.05, 0) is 55.5 Å². The first-order valence-electron chi connectivity index (χ1n) is 11.5. The molecule has 2 aromatic rings. The van der Waals surface area contributed by atoms with E-state index >= 15 is 0 Å². The van der Waals surface area contributed by atoms with Gasteiger partial charge in [-0.2, -0.15) is 0 Å². The molecular formula is C26H33NO5. The first kappa shape index (κ1) is 23.8. The molecule has 0 spiro atoms. The number of para-hydroxylation sites is 1. The summed E-state index contributed by atoms with van der Waals surface area (Å²) in [5.74, 6) is 0.933. The third-order valence-electron chi connectivity index (χ3n) is 5.86. The van der Waals surface area contributed by atoms with Crippen LogP contribution in [0.2, 0.25) is 0 Å². The molecule has 172 valence electrons. The Bertz CT molecular complexity index is 922. The third-order valence-corrected chi connectivity index (χ3v) is 5.86. The minimum atomic E-state index is -1.14. The van der Waals surface area contributed by atoms with Gasteiger partial charge in [-0.3, -0.25) is 9.59 Å². The number of aryl methyl sites for hydroxylation is 1. The fourth-order valence-electron chi connectivity index (χ4n) is 3.76. The van der Waals surface area contributed by atoms with Crippen LogP contribution in [0.25, 0.3) is 0 Å². The highest BCUT2D eigenvalue weighted by Gasteiger charge is 2.49. The number of carbonyl (C=O) groups excluding carboxylic acids is 2. The van der Waals surface area contributed by atoms with Crippen LogP contribution < -0.4 is 9.47 Å². The number of nitrogens with zero attached hydrogens (tertiary/aromatic N) is 1. The molecule has 1 aliphatic carbocycles. The summed E-state index contributed by atoms with van der Waals surface area (Å²) in [6.45, 7) is 5.38. The van der Waals surface area contributed by atoms with E-state index in [0.717, 1.165) is 29.7 Å². The maximum absolute atomic E-state index is 13.4. The van der Waals surface area contributed by atoms with E-state index in [0.29, 0.717) is 43.7 Å². The van der Waals surface area contributed by atoms with Gasteiger partial charge in [0.1, 0.15) is 17.2 Å². The van der Waals surface area contributed by atoms with Crippen molar-refractivity contribution < 1.29 is 24.2 Å². The molecule has 0 heterocycles. The summed E-state index contributed by atoms with van der Waals surface area (Å²) in [7, 11) is 0. The van der Waals surface area contributed by atoms with Crippen LogP contribution in [0.5, 0.6) is 11.5 Å². The highest BCUT2D eigenvalue weighted by molar-refractivity contribution is 5.95. The van der Waals surface area contributed by atoms with Gasteiger partial charge in [0.25, 0.3) is 12.4 Å². The van der Waals surface area contributed by atoms with Crippen LogP contribution in [0.3, 0.4) is 0 Å². The Balaban J connectivity index is 1.79. The molecule has 0 bridgehead atoms. The van der Waals surface area contributed by atoms with Gasteiger partial charge in [-0.25, -0.2) is 0 Å². The fourth-order valence-corrected chi connectivity index (χ4v) is 3.76. The molecule has 1 N–H and O–H groups in total. The maximum Gasteiger partial charge on any atom is 0.298 e. The molecule has 0 atom stereocenters. The number of aliphatic hydroxyl groups is 1. The lowest BCUT2D eigenvalue weighted by atomic mass is 10.1. The number of carbonyl (C=O) groups is 2. The van der Waals surface area contributed by atoms with Gasteiger partial charge in [0.2, 0.25) is 0 Å². The van der Waals surface area contributed by atoms with Gasteiger partial charge in [0.05, 0.1) is 13.2 Å². The van der Waals surface area contributed by atoms with Crippen molar-refractivity contribution >= 4 is 12.4 Å². The molecule has 0 saturated heterocycles. The number of rotatable bonds is 13. The predicted octanol–water partition coefficient (Wildman–Crippen LogP) is 4.87. The lowest BCUT2D eigenvalue weighted by Gasteiger charge is -2.29. The Morgan fingerprint density at radius 3 is 2.53 bits per heavy atom. The van der Waals surface area contributed by atoms with E-state index < -0.39 is 5.72 Å². The molecule has 6 heteroatoms. The average molecular weight is 440 g/mol. The molecule has 1 amide bonds. The van der Waals surface area contributed by atoms with Crippen LogP contribution >= 0.6 is 0 Å². The molecule has 0 unspecified atom stereocenters. The topological polar surface area (TPSA) is 76.1 Å². The van der Waals surface area contributed by atoms with Crippen LogP contribution in [0.1, 0.15) is 73.9 Å². The maximum atomic E-state index is 13.4. The second kappa shape index (κ2) is 11.1. The number of benzene rings is 2. The summed E-state index contributed by atoms with van der Waals surface area (Å²) >= 11 is 0. The van der Waals surface area contributed by atoms with Crippen molar-refractivity contribution in [2.24, 2.45) is 0 Å². The summed E-state index contributed by atoms with van der Waals surface area (Å²) in [5, 5.41) is 10.9. The van der Waals surface area contributed by atoms with Gasteiger partial charge in [-0.1, -0.05) is 51.3 Å². The van der Waals surface area contributed by atoms with E-state index in [1.807, 2.05) is 31.2 Å². The average Bonchev–Trinajstić information content (AvgIpc) is 3.56. The molecule has 0 radical (unpaired) electrons. The predicted molar refractivity (Wildman–Crippen MR) is 123 cm³/mol. The standard InChI is InChI=1S/C26H33NO5/c1-3-5-6-9-16-31-23-11-8-7-10-22(23)18-27(26(30)14-15-26)25(29)21-12-13-24(32-19-28)20(4-2)17-21/h7-8,10-13,17,19,30H,3-6,9,14-16,18H2,1-2H3. The Morgan fingerprint density at radius 1 is 1.06 bits per heavy atom. The first-order chi connectivity index (χ1) is 15.5. The zero-order valence-electron chi connectivity index (χ0n) is 19.0. The van der Waals surface area contributed by atoms with E-state index in [9.17, 15) is 14.7 Å². The lowest BCUT2D eigenvalue weighted by Crippen LogP contribution is -2.41. The highest BCUT2D eigenvalue weighted by Crippen LogP contribution is 2.41. The first-order valence-corrected chi connectivity index (χ1v) is 11.5. The van der Waals surface area contributed by atoms with Crippen LogP contribution in [0.15, 0.2) is 42.5 Å². The number of ether oxygens (including phenoxy) is 2. The van der Waals surface area contributed by atoms with Gasteiger partial charge in [0, 0.05) is 11.1 Å². The number of amides is 1. The normalized spacial score (nSPS) is 14.0. The molecular weight excluding hydrogens is 406 g/mol. The number of hydrogen-bond donors (Lipinski definition) is 1. The van der Waals surface area contributed by atoms with E-state index in [2.05, 4.69) is 6.92 Å². The molecule has 1 saturated carbocycles. The molecule has 1 fully saturated rings. The molecule has 0 aliphatic heterocycles. The minimum Gasteiger partial charge on any atom is -0.493 e. The third kappa shape index (κ3) is 5.88. The van der Waals surface area contributed by atoms with Crippen molar-refractivity contribution in [3.63, 3.8) is 0 Å². The van der Waals surface area contributed by atoms with Crippen molar-refractivity contribution in [3.8, 4) is 11.5 Å². The van der Waals surface area contributed by atoms with Gasteiger partial charge < -0.3 is 19.5 Å². The second-order valence-corrected chi connectivity index (χ2v) is 8.28.